The molecule has 1 heterocycles. The van der Waals surface area contributed by atoms with Crippen molar-refractivity contribution in [2.75, 3.05) is 6.61 Å². The largest absolute Gasteiger partial charge is 0.478 e. The van der Waals surface area contributed by atoms with E-state index >= 15 is 0 Å². The average molecular weight is 243 g/mol. The van der Waals surface area contributed by atoms with Gasteiger partial charge in [-0.15, -0.1) is 0 Å². The number of aromatic nitrogens is 1. The van der Waals surface area contributed by atoms with Gasteiger partial charge in [0.15, 0.2) is 12.2 Å². The van der Waals surface area contributed by atoms with Crippen LogP contribution in [0.3, 0.4) is 0 Å². The van der Waals surface area contributed by atoms with Crippen molar-refractivity contribution in [1.82, 2.24) is 4.98 Å². The van der Waals surface area contributed by atoms with Crippen LogP contribution in [-0.2, 0) is 0 Å². The van der Waals surface area contributed by atoms with E-state index < -0.39 is 19.0 Å². The number of nitrogens with zero attached hydrogens (tertiary/aromatic N) is 1. The van der Waals surface area contributed by atoms with Crippen LogP contribution in [0.5, 0.6) is 6.08 Å². The second-order valence-corrected chi connectivity index (χ2v) is 3.17. The third-order valence-electron chi connectivity index (χ3n) is 1.95. The Morgan fingerprint density at radius 3 is 2.94 bits per heavy atom. The van der Waals surface area contributed by atoms with Crippen LogP contribution in [0.25, 0.3) is 11.1 Å². The summed E-state index contributed by atoms with van der Waals surface area (Å²) in [6.45, 7) is -0.821. The Hall–Kier alpha value is -2.18. The number of hydrogen-bond donors (Lipinski definition) is 1. The molecule has 5 nitrogen and oxygen atoms in total. The van der Waals surface area contributed by atoms with Gasteiger partial charge in [0, 0.05) is 0 Å². The lowest BCUT2D eigenvalue weighted by atomic mass is 10.2. The zero-order valence-corrected chi connectivity index (χ0v) is 8.39. The molecule has 0 amide bonds. The van der Waals surface area contributed by atoms with Crippen molar-refractivity contribution in [3.8, 4) is 6.08 Å². The number of carboxylic acids is 1. The highest BCUT2D eigenvalue weighted by Crippen LogP contribution is 2.22. The van der Waals surface area contributed by atoms with E-state index in [-0.39, 0.29) is 17.2 Å². The highest BCUT2D eigenvalue weighted by Gasteiger charge is 2.12. The van der Waals surface area contributed by atoms with Crippen molar-refractivity contribution in [3.05, 3.63) is 23.8 Å². The minimum atomic E-state index is -2.63. The molecule has 0 fully saturated rings. The number of fused-ring (bicyclic) bond motifs is 1. The van der Waals surface area contributed by atoms with Gasteiger partial charge in [0.2, 0.25) is 0 Å². The first kappa shape index (κ1) is 11.3. The molecule has 17 heavy (non-hydrogen) atoms. The average Bonchev–Trinajstić information content (AvgIpc) is 2.67. The number of ether oxygens (including phenoxy) is 1. The zero-order chi connectivity index (χ0) is 12.4. The van der Waals surface area contributed by atoms with Crippen molar-refractivity contribution < 1.29 is 27.8 Å². The predicted octanol–water partition coefficient (Wildman–Crippen LogP) is 2.17. The Morgan fingerprint density at radius 1 is 1.53 bits per heavy atom. The fraction of sp³-hybridized carbons (Fsp3) is 0.200. The maximum absolute atomic E-state index is 11.9. The summed E-state index contributed by atoms with van der Waals surface area (Å²) in [4.78, 5) is 14.4. The molecule has 1 N–H and O–H groups in total. The van der Waals surface area contributed by atoms with Crippen LogP contribution in [0.15, 0.2) is 22.6 Å². The monoisotopic (exact) mass is 243 g/mol. The molecule has 0 aliphatic rings. The summed E-state index contributed by atoms with van der Waals surface area (Å²) in [7, 11) is 0. The first-order valence-electron chi connectivity index (χ1n) is 4.61. The Morgan fingerprint density at radius 2 is 2.29 bits per heavy atom. The van der Waals surface area contributed by atoms with Crippen molar-refractivity contribution in [1.29, 1.82) is 0 Å². The van der Waals surface area contributed by atoms with Gasteiger partial charge in [0.1, 0.15) is 5.52 Å². The lowest BCUT2D eigenvalue weighted by Gasteiger charge is -1.97. The first-order chi connectivity index (χ1) is 8.06. The maximum Gasteiger partial charge on any atom is 0.394 e. The molecule has 0 atom stereocenters. The molecule has 90 valence electrons. The van der Waals surface area contributed by atoms with Gasteiger partial charge < -0.3 is 14.3 Å². The van der Waals surface area contributed by atoms with Crippen molar-refractivity contribution in [2.24, 2.45) is 0 Å². The second-order valence-electron chi connectivity index (χ2n) is 3.17. The summed E-state index contributed by atoms with van der Waals surface area (Å²) >= 11 is 0. The first-order valence-corrected chi connectivity index (χ1v) is 4.61. The molecule has 0 spiro atoms. The minimum Gasteiger partial charge on any atom is -0.478 e. The van der Waals surface area contributed by atoms with E-state index in [0.717, 1.165) is 0 Å². The third-order valence-corrected chi connectivity index (χ3v) is 1.95. The van der Waals surface area contributed by atoms with Crippen LogP contribution in [0.4, 0.5) is 8.78 Å². The van der Waals surface area contributed by atoms with Gasteiger partial charge in [-0.2, -0.15) is 4.98 Å². The fourth-order valence-corrected chi connectivity index (χ4v) is 1.23. The normalized spacial score (nSPS) is 11.0. The van der Waals surface area contributed by atoms with Gasteiger partial charge in [-0.05, 0) is 18.2 Å². The van der Waals surface area contributed by atoms with Crippen LogP contribution in [0.1, 0.15) is 10.4 Å². The van der Waals surface area contributed by atoms with E-state index in [1.807, 2.05) is 0 Å². The van der Waals surface area contributed by atoms with E-state index in [1.54, 1.807) is 0 Å². The number of carboxylic acid groups (broad SMARTS) is 1. The highest BCUT2D eigenvalue weighted by atomic mass is 19.3. The predicted molar refractivity (Wildman–Crippen MR) is 52.5 cm³/mol. The summed E-state index contributed by atoms with van der Waals surface area (Å²) in [5, 5.41) is 8.73. The van der Waals surface area contributed by atoms with Crippen LogP contribution < -0.4 is 4.74 Å². The van der Waals surface area contributed by atoms with E-state index in [1.165, 1.54) is 18.2 Å². The minimum absolute atomic E-state index is 0.0223. The number of benzene rings is 1. The zero-order valence-electron chi connectivity index (χ0n) is 8.39. The summed E-state index contributed by atoms with van der Waals surface area (Å²) in [6, 6.07) is 4.00. The highest BCUT2D eigenvalue weighted by molar-refractivity contribution is 5.91. The Kier molecular flexibility index (Phi) is 2.90. The van der Waals surface area contributed by atoms with Crippen LogP contribution in [0.2, 0.25) is 0 Å². The van der Waals surface area contributed by atoms with Crippen LogP contribution >= 0.6 is 0 Å². The van der Waals surface area contributed by atoms with Crippen molar-refractivity contribution in [3.63, 3.8) is 0 Å². The summed E-state index contributed by atoms with van der Waals surface area (Å²) in [6.07, 6.45) is -2.93. The molecule has 0 saturated carbocycles. The number of aromatic carboxylic acids is 1. The smallest absolute Gasteiger partial charge is 0.394 e. The molecule has 0 radical (unpaired) electrons. The lowest BCUT2D eigenvalue weighted by molar-refractivity contribution is 0.0669. The quantitative estimate of drug-likeness (QED) is 0.890. The van der Waals surface area contributed by atoms with Gasteiger partial charge >= 0.3 is 12.0 Å². The molecule has 2 rings (SSSR count). The Bertz CT molecular complexity index is 552. The molecule has 7 heteroatoms. The number of rotatable bonds is 4. The third kappa shape index (κ3) is 2.49. The van der Waals surface area contributed by atoms with E-state index in [0.29, 0.717) is 5.52 Å². The van der Waals surface area contributed by atoms with E-state index in [2.05, 4.69) is 9.72 Å². The van der Waals surface area contributed by atoms with Gasteiger partial charge in [-0.25, -0.2) is 13.6 Å². The molecule has 0 bridgehead atoms. The topological polar surface area (TPSA) is 72.6 Å². The van der Waals surface area contributed by atoms with Crippen LogP contribution in [0, 0.1) is 0 Å². The molecule has 1 aromatic heterocycles. The molecule has 0 saturated heterocycles. The second kappa shape index (κ2) is 4.36. The fourth-order valence-electron chi connectivity index (χ4n) is 1.23. The number of oxazole rings is 1. The van der Waals surface area contributed by atoms with E-state index in [4.69, 9.17) is 9.52 Å². The molecule has 0 aliphatic carbocycles. The molecular weight excluding hydrogens is 236 g/mol. The van der Waals surface area contributed by atoms with Gasteiger partial charge in [-0.1, -0.05) is 0 Å². The summed E-state index contributed by atoms with van der Waals surface area (Å²) in [5.74, 6) is -1.11. The molecule has 0 unspecified atom stereocenters. The molecule has 0 aliphatic heterocycles. The molecular formula is C10H7F2NO4. The summed E-state index contributed by atoms with van der Waals surface area (Å²) < 4.78 is 33.3. The van der Waals surface area contributed by atoms with Crippen molar-refractivity contribution in [2.45, 2.75) is 6.43 Å². The SMILES string of the molecule is O=C(O)c1ccc2nc(OCC(F)F)oc2c1. The maximum atomic E-state index is 11.9. The van der Waals surface area contributed by atoms with Gasteiger partial charge in [0.05, 0.1) is 5.56 Å². The number of hydrogen-bond acceptors (Lipinski definition) is 4. The Balaban J connectivity index is 2.27. The molecule has 2 aromatic rings. The number of halogens is 2. The van der Waals surface area contributed by atoms with Crippen molar-refractivity contribution >= 4 is 17.1 Å². The molecule has 1 aromatic carbocycles. The number of carbonyl (C=O) groups is 1. The Labute approximate surface area is 93.6 Å². The van der Waals surface area contributed by atoms with E-state index in [9.17, 15) is 13.6 Å². The van der Waals surface area contributed by atoms with Crippen LogP contribution in [-0.4, -0.2) is 29.1 Å². The lowest BCUT2D eigenvalue weighted by Crippen LogP contribution is -2.06. The standard InChI is InChI=1S/C10H7F2NO4/c11-8(12)4-16-10-13-6-2-1-5(9(14)15)3-7(6)17-10/h1-3,8H,4H2,(H,14,15). The number of alkyl halides is 2. The summed E-state index contributed by atoms with van der Waals surface area (Å²) in [5.41, 5.74) is 0.544. The van der Waals surface area contributed by atoms with Gasteiger partial charge in [0.25, 0.3) is 6.43 Å². The van der Waals surface area contributed by atoms with Gasteiger partial charge in [-0.3, -0.25) is 0 Å².